The number of aromatic nitrogens is 3. The number of esters is 1. The van der Waals surface area contributed by atoms with Crippen LogP contribution in [0.4, 0.5) is 5.82 Å². The molecule has 0 saturated heterocycles. The number of imidazole rings is 1. The Morgan fingerprint density at radius 2 is 2.18 bits per heavy atom. The van der Waals surface area contributed by atoms with Crippen LogP contribution in [0.1, 0.15) is 5.82 Å². The highest BCUT2D eigenvalue weighted by Gasteiger charge is 2.09. The number of hydrogen-bond acceptors (Lipinski definition) is 5. The zero-order valence-electron chi connectivity index (χ0n) is 10.0. The van der Waals surface area contributed by atoms with E-state index in [0.29, 0.717) is 11.5 Å². The predicted molar refractivity (Wildman–Crippen MR) is 63.9 cm³/mol. The Hall–Kier alpha value is -2.11. The second kappa shape index (κ2) is 4.40. The van der Waals surface area contributed by atoms with E-state index in [9.17, 15) is 4.79 Å². The topological polar surface area (TPSA) is 71.1 Å². The first-order valence-electron chi connectivity index (χ1n) is 5.20. The van der Waals surface area contributed by atoms with Crippen LogP contribution >= 0.6 is 0 Å². The quantitative estimate of drug-likeness (QED) is 0.793. The monoisotopic (exact) mass is 234 g/mol. The molecule has 0 aromatic carbocycles. The highest BCUT2D eigenvalue weighted by atomic mass is 16.5. The number of nitrogens with zero attached hydrogens (tertiary/aromatic N) is 3. The predicted octanol–water partition coefficient (Wildman–Crippen LogP) is 0.739. The maximum Gasteiger partial charge on any atom is 0.313 e. The summed E-state index contributed by atoms with van der Waals surface area (Å²) in [5.41, 5.74) is 1.42. The molecule has 0 fully saturated rings. The van der Waals surface area contributed by atoms with E-state index in [-0.39, 0.29) is 12.4 Å². The number of ether oxygens (including phenoxy) is 1. The van der Waals surface area contributed by atoms with Crippen LogP contribution in [0.25, 0.3) is 11.2 Å². The highest BCUT2D eigenvalue weighted by molar-refractivity contribution is 5.76. The van der Waals surface area contributed by atoms with Gasteiger partial charge in [0.25, 0.3) is 0 Å². The Morgan fingerprint density at radius 1 is 1.41 bits per heavy atom. The minimum atomic E-state index is -0.322. The standard InChI is InChI=1S/C11H14N4O2/c1-15(2)9-5-4-7-11(14-9)13-8(12-7)6-10(16)17-3/h4-5H,6H2,1-3H3,(H,12,13,14). The largest absolute Gasteiger partial charge is 0.469 e. The summed E-state index contributed by atoms with van der Waals surface area (Å²) < 4.78 is 4.58. The molecule has 2 heterocycles. The van der Waals surface area contributed by atoms with Gasteiger partial charge in [0.2, 0.25) is 0 Å². The fourth-order valence-corrected chi connectivity index (χ4v) is 1.47. The van der Waals surface area contributed by atoms with Gasteiger partial charge in [0.15, 0.2) is 5.65 Å². The smallest absolute Gasteiger partial charge is 0.313 e. The van der Waals surface area contributed by atoms with Gasteiger partial charge >= 0.3 is 5.97 Å². The van der Waals surface area contributed by atoms with Crippen LogP contribution in [0.2, 0.25) is 0 Å². The van der Waals surface area contributed by atoms with Gasteiger partial charge in [-0.15, -0.1) is 0 Å². The fraction of sp³-hybridized carbons (Fsp3) is 0.364. The van der Waals surface area contributed by atoms with Crippen molar-refractivity contribution >= 4 is 23.0 Å². The summed E-state index contributed by atoms with van der Waals surface area (Å²) in [6, 6.07) is 3.79. The van der Waals surface area contributed by atoms with E-state index in [1.54, 1.807) is 0 Å². The third kappa shape index (κ3) is 2.35. The maximum absolute atomic E-state index is 11.1. The van der Waals surface area contributed by atoms with Crippen molar-refractivity contribution in [1.29, 1.82) is 0 Å². The number of carbonyl (C=O) groups is 1. The number of aromatic amines is 1. The van der Waals surface area contributed by atoms with Crippen LogP contribution in [0.3, 0.4) is 0 Å². The average Bonchev–Trinajstić information content (AvgIpc) is 2.69. The normalized spacial score (nSPS) is 10.5. The summed E-state index contributed by atoms with van der Waals surface area (Å²) in [7, 11) is 5.18. The lowest BCUT2D eigenvalue weighted by molar-refractivity contribution is -0.139. The lowest BCUT2D eigenvalue weighted by atomic mass is 10.4. The second-order valence-corrected chi connectivity index (χ2v) is 3.87. The molecule has 2 rings (SSSR count). The third-order valence-corrected chi connectivity index (χ3v) is 2.38. The SMILES string of the molecule is COC(=O)Cc1nc2nc(N(C)C)ccc2[nH]1. The van der Waals surface area contributed by atoms with Crippen molar-refractivity contribution < 1.29 is 9.53 Å². The lowest BCUT2D eigenvalue weighted by Gasteiger charge is -2.09. The number of carbonyl (C=O) groups excluding carboxylic acids is 1. The van der Waals surface area contributed by atoms with E-state index in [1.807, 2.05) is 31.1 Å². The van der Waals surface area contributed by atoms with Gasteiger partial charge in [-0.05, 0) is 12.1 Å². The number of methoxy groups -OCH3 is 1. The van der Waals surface area contributed by atoms with Crippen LogP contribution in [-0.4, -0.2) is 42.1 Å². The summed E-state index contributed by atoms with van der Waals surface area (Å²) in [6.45, 7) is 0. The van der Waals surface area contributed by atoms with Crippen LogP contribution in [-0.2, 0) is 16.0 Å². The van der Waals surface area contributed by atoms with Gasteiger partial charge < -0.3 is 14.6 Å². The van der Waals surface area contributed by atoms with Crippen molar-refractivity contribution in [2.24, 2.45) is 0 Å². The van der Waals surface area contributed by atoms with Gasteiger partial charge in [-0.25, -0.2) is 9.97 Å². The molecule has 0 radical (unpaired) electrons. The number of pyridine rings is 1. The first-order valence-corrected chi connectivity index (χ1v) is 5.20. The van der Waals surface area contributed by atoms with E-state index >= 15 is 0 Å². The van der Waals surface area contributed by atoms with Crippen molar-refractivity contribution in [3.05, 3.63) is 18.0 Å². The Kier molecular flexibility index (Phi) is 2.95. The summed E-state index contributed by atoms with van der Waals surface area (Å²) in [5.74, 6) is 1.07. The van der Waals surface area contributed by atoms with Gasteiger partial charge in [0.05, 0.1) is 12.6 Å². The molecule has 2 aromatic heterocycles. The molecule has 17 heavy (non-hydrogen) atoms. The highest BCUT2D eigenvalue weighted by Crippen LogP contribution is 2.14. The van der Waals surface area contributed by atoms with E-state index < -0.39 is 0 Å². The molecule has 90 valence electrons. The molecular formula is C11H14N4O2. The number of fused-ring (bicyclic) bond motifs is 1. The second-order valence-electron chi connectivity index (χ2n) is 3.87. The van der Waals surface area contributed by atoms with Gasteiger partial charge in [0, 0.05) is 14.1 Å². The molecule has 0 bridgehead atoms. The van der Waals surface area contributed by atoms with E-state index in [1.165, 1.54) is 7.11 Å². The van der Waals surface area contributed by atoms with Gasteiger partial charge in [0.1, 0.15) is 18.1 Å². The molecule has 0 spiro atoms. The van der Waals surface area contributed by atoms with Crippen molar-refractivity contribution in [2.75, 3.05) is 26.1 Å². The minimum absolute atomic E-state index is 0.129. The van der Waals surface area contributed by atoms with Crippen molar-refractivity contribution in [1.82, 2.24) is 15.0 Å². The molecule has 2 aromatic rings. The average molecular weight is 234 g/mol. The van der Waals surface area contributed by atoms with Gasteiger partial charge in [-0.1, -0.05) is 0 Å². The summed E-state index contributed by atoms with van der Waals surface area (Å²) >= 11 is 0. The Labute approximate surface area is 98.6 Å². The molecule has 1 N–H and O–H groups in total. The van der Waals surface area contributed by atoms with Gasteiger partial charge in [-0.2, -0.15) is 0 Å². The van der Waals surface area contributed by atoms with Gasteiger partial charge in [-0.3, -0.25) is 4.79 Å². The molecule has 0 saturated carbocycles. The van der Waals surface area contributed by atoms with Crippen LogP contribution in [0.15, 0.2) is 12.1 Å². The molecule has 0 aliphatic rings. The van der Waals surface area contributed by atoms with Crippen LogP contribution in [0.5, 0.6) is 0 Å². The molecular weight excluding hydrogens is 220 g/mol. The van der Waals surface area contributed by atoms with Crippen molar-refractivity contribution in [2.45, 2.75) is 6.42 Å². The Bertz CT molecular complexity index is 547. The number of nitrogens with one attached hydrogen (secondary N) is 1. The van der Waals surface area contributed by atoms with Crippen LogP contribution in [0, 0.1) is 0 Å². The fourth-order valence-electron chi connectivity index (χ4n) is 1.47. The molecule has 0 unspecified atom stereocenters. The van der Waals surface area contributed by atoms with E-state index in [0.717, 1.165) is 11.3 Å². The molecule has 0 aliphatic heterocycles. The summed E-state index contributed by atoms with van der Waals surface area (Å²) in [4.78, 5) is 24.7. The third-order valence-electron chi connectivity index (χ3n) is 2.38. The summed E-state index contributed by atoms with van der Waals surface area (Å²) in [5, 5.41) is 0. The molecule has 0 amide bonds. The first-order chi connectivity index (χ1) is 8.10. The molecule has 6 heteroatoms. The van der Waals surface area contributed by atoms with E-state index in [4.69, 9.17) is 0 Å². The zero-order valence-corrected chi connectivity index (χ0v) is 10.0. The van der Waals surface area contributed by atoms with E-state index in [2.05, 4.69) is 19.7 Å². The molecule has 0 atom stereocenters. The summed E-state index contributed by atoms with van der Waals surface area (Å²) in [6.07, 6.45) is 0.129. The Morgan fingerprint density at radius 3 is 2.82 bits per heavy atom. The van der Waals surface area contributed by atoms with Crippen LogP contribution < -0.4 is 4.90 Å². The zero-order chi connectivity index (χ0) is 12.4. The van der Waals surface area contributed by atoms with Crippen molar-refractivity contribution in [3.63, 3.8) is 0 Å². The molecule has 6 nitrogen and oxygen atoms in total. The first kappa shape index (κ1) is 11.4. The Balaban J connectivity index is 2.33. The number of H-pyrrole nitrogens is 1. The number of rotatable bonds is 3. The lowest BCUT2D eigenvalue weighted by Crippen LogP contribution is -2.10. The molecule has 0 aliphatic carbocycles. The number of hydrogen-bond donors (Lipinski definition) is 1. The minimum Gasteiger partial charge on any atom is -0.469 e. The maximum atomic E-state index is 11.1. The number of anilines is 1. The van der Waals surface area contributed by atoms with Crippen molar-refractivity contribution in [3.8, 4) is 0 Å².